The highest BCUT2D eigenvalue weighted by Crippen LogP contribution is 2.18. The highest BCUT2D eigenvalue weighted by molar-refractivity contribution is 6.60. The lowest BCUT2D eigenvalue weighted by Crippen LogP contribution is -2.42. The molecule has 0 saturated heterocycles. The van der Waals surface area contributed by atoms with Gasteiger partial charge in [-0.25, -0.2) is 0 Å². The van der Waals surface area contributed by atoms with E-state index in [0.717, 1.165) is 19.4 Å². The van der Waals surface area contributed by atoms with Gasteiger partial charge in [0.15, 0.2) is 0 Å². The monoisotopic (exact) mass is 336 g/mol. The molecule has 1 N–H and O–H groups in total. The predicted molar refractivity (Wildman–Crippen MR) is 92.1 cm³/mol. The maximum atomic E-state index is 9.00. The van der Waals surface area contributed by atoms with Crippen molar-refractivity contribution < 1.29 is 23.2 Å². The van der Waals surface area contributed by atoms with Gasteiger partial charge in [-0.15, -0.1) is 0 Å². The molecular weight excluding hydrogens is 300 g/mol. The molecule has 0 unspecified atom stereocenters. The molecule has 0 radical (unpaired) electrons. The van der Waals surface area contributed by atoms with Gasteiger partial charge in [-0.05, 0) is 6.42 Å². The molecule has 6 heteroatoms. The van der Waals surface area contributed by atoms with Crippen LogP contribution in [0, 0.1) is 0 Å². The van der Waals surface area contributed by atoms with Crippen LogP contribution in [-0.2, 0) is 18.1 Å². The van der Waals surface area contributed by atoms with Crippen LogP contribution in [0.1, 0.15) is 71.6 Å². The summed E-state index contributed by atoms with van der Waals surface area (Å²) in [7, 11) is 2.76. The third kappa shape index (κ3) is 15.9. The van der Waals surface area contributed by atoms with E-state index < -0.39 is 14.8 Å². The largest absolute Gasteiger partial charge is 0.500 e. The van der Waals surface area contributed by atoms with Crippen molar-refractivity contribution in [3.63, 3.8) is 0 Å². The van der Waals surface area contributed by atoms with Gasteiger partial charge < -0.3 is 18.4 Å². The summed E-state index contributed by atoms with van der Waals surface area (Å²) < 4.78 is 16.2. The minimum Gasteiger partial charge on any atom is -0.481 e. The number of hydrogen-bond donors (Lipinski definition) is 1. The van der Waals surface area contributed by atoms with Crippen molar-refractivity contribution in [3.05, 3.63) is 0 Å². The molecule has 0 fully saturated rings. The van der Waals surface area contributed by atoms with Crippen LogP contribution in [0.5, 0.6) is 0 Å². The average molecular weight is 337 g/mol. The zero-order chi connectivity index (χ0) is 17.3. The van der Waals surface area contributed by atoms with Gasteiger partial charge in [0.1, 0.15) is 0 Å². The minimum atomic E-state index is -2.30. The predicted octanol–water partition coefficient (Wildman–Crippen LogP) is 4.49. The molecule has 22 heavy (non-hydrogen) atoms. The molecule has 0 spiro atoms. The Bertz CT molecular complexity index is 232. The molecule has 134 valence electrons. The van der Waals surface area contributed by atoms with Gasteiger partial charge in [0, 0.05) is 34.3 Å². The third-order valence-corrected chi connectivity index (χ3v) is 6.35. The van der Waals surface area contributed by atoms with Crippen LogP contribution in [0.3, 0.4) is 0 Å². The highest BCUT2D eigenvalue weighted by atomic mass is 28.4. The summed E-state index contributed by atoms with van der Waals surface area (Å²) in [4.78, 5) is 9.00. The molecule has 0 aromatic carbocycles. The van der Waals surface area contributed by atoms with E-state index in [9.17, 15) is 0 Å². The SMILES string of the molecule is CC(=O)O.CCCCCCCCCCC[Si](OC)(OC)OC. The van der Waals surface area contributed by atoms with Gasteiger partial charge >= 0.3 is 8.80 Å². The minimum absolute atomic E-state index is 0.833. The molecule has 0 rings (SSSR count). The van der Waals surface area contributed by atoms with Crippen molar-refractivity contribution in [3.8, 4) is 0 Å². The maximum absolute atomic E-state index is 9.00. The Labute approximate surface area is 137 Å². The quantitative estimate of drug-likeness (QED) is 0.396. The van der Waals surface area contributed by atoms with Crippen molar-refractivity contribution in [1.82, 2.24) is 0 Å². The van der Waals surface area contributed by atoms with Crippen LogP contribution in [0.2, 0.25) is 6.04 Å². The molecule has 0 bridgehead atoms. The Hall–Kier alpha value is -0.433. The van der Waals surface area contributed by atoms with Gasteiger partial charge in [-0.3, -0.25) is 4.79 Å². The molecule has 0 aromatic heterocycles. The van der Waals surface area contributed by atoms with Gasteiger partial charge in [0.05, 0.1) is 0 Å². The first-order chi connectivity index (χ1) is 10.5. The molecule has 0 aliphatic rings. The van der Waals surface area contributed by atoms with E-state index >= 15 is 0 Å². The zero-order valence-electron chi connectivity index (χ0n) is 15.2. The number of carboxylic acids is 1. The summed E-state index contributed by atoms with van der Waals surface area (Å²) in [6, 6.07) is 0.937. The topological polar surface area (TPSA) is 65.0 Å². The summed E-state index contributed by atoms with van der Waals surface area (Å²) in [5, 5.41) is 7.42. The van der Waals surface area contributed by atoms with Crippen molar-refractivity contribution in [2.45, 2.75) is 77.7 Å². The number of carboxylic acid groups (broad SMARTS) is 1. The normalized spacial score (nSPS) is 11.0. The number of rotatable bonds is 13. The Morgan fingerprint density at radius 3 is 1.45 bits per heavy atom. The van der Waals surface area contributed by atoms with E-state index in [1.165, 1.54) is 51.4 Å². The second-order valence-corrected chi connectivity index (χ2v) is 8.48. The molecule has 0 heterocycles. The average Bonchev–Trinajstić information content (AvgIpc) is 2.50. The van der Waals surface area contributed by atoms with E-state index in [4.69, 9.17) is 23.2 Å². The summed E-state index contributed by atoms with van der Waals surface area (Å²) in [6.07, 6.45) is 12.0. The molecule has 0 saturated carbocycles. The van der Waals surface area contributed by atoms with E-state index in [0.29, 0.717) is 0 Å². The van der Waals surface area contributed by atoms with Crippen LogP contribution >= 0.6 is 0 Å². The first-order valence-electron chi connectivity index (χ1n) is 8.33. The smallest absolute Gasteiger partial charge is 0.481 e. The number of carbonyl (C=O) groups is 1. The van der Waals surface area contributed by atoms with Crippen molar-refractivity contribution >= 4 is 14.8 Å². The van der Waals surface area contributed by atoms with E-state index in [1.54, 1.807) is 21.3 Å². The number of unbranched alkanes of at least 4 members (excludes halogenated alkanes) is 8. The van der Waals surface area contributed by atoms with Gasteiger partial charge in [0.25, 0.3) is 5.97 Å². The van der Waals surface area contributed by atoms with Gasteiger partial charge in [0.2, 0.25) is 0 Å². The highest BCUT2D eigenvalue weighted by Gasteiger charge is 2.36. The van der Waals surface area contributed by atoms with E-state index in [1.807, 2.05) is 0 Å². The lowest BCUT2D eigenvalue weighted by molar-refractivity contribution is -0.134. The fraction of sp³-hybridized carbons (Fsp3) is 0.938. The van der Waals surface area contributed by atoms with Crippen LogP contribution in [0.25, 0.3) is 0 Å². The van der Waals surface area contributed by atoms with Crippen molar-refractivity contribution in [2.24, 2.45) is 0 Å². The second kappa shape index (κ2) is 16.9. The third-order valence-electron chi connectivity index (χ3n) is 3.52. The fourth-order valence-electron chi connectivity index (χ4n) is 2.21. The summed E-state index contributed by atoms with van der Waals surface area (Å²) >= 11 is 0. The molecule has 5 nitrogen and oxygen atoms in total. The first kappa shape index (κ1) is 23.8. The molecule has 0 atom stereocenters. The second-order valence-electron chi connectivity index (χ2n) is 5.39. The molecule has 0 aromatic rings. The Morgan fingerprint density at radius 1 is 0.818 bits per heavy atom. The zero-order valence-corrected chi connectivity index (χ0v) is 16.2. The molecule has 0 amide bonds. The summed E-state index contributed by atoms with van der Waals surface area (Å²) in [6.45, 7) is 3.34. The van der Waals surface area contributed by atoms with Crippen LogP contribution in [-0.4, -0.2) is 41.2 Å². The lowest BCUT2D eigenvalue weighted by atomic mass is 10.1. The number of aliphatic carboxylic acids is 1. The van der Waals surface area contributed by atoms with E-state index in [-0.39, 0.29) is 0 Å². The lowest BCUT2D eigenvalue weighted by Gasteiger charge is -2.24. The number of hydrogen-bond acceptors (Lipinski definition) is 4. The first-order valence-corrected chi connectivity index (χ1v) is 10.3. The molecular formula is C16H36O5Si. The Balaban J connectivity index is 0. The van der Waals surface area contributed by atoms with Crippen LogP contribution in [0.4, 0.5) is 0 Å². The molecule has 0 aliphatic heterocycles. The van der Waals surface area contributed by atoms with Crippen LogP contribution in [0.15, 0.2) is 0 Å². The molecule has 0 aliphatic carbocycles. The fourth-order valence-corrected chi connectivity index (χ4v) is 4.00. The Morgan fingerprint density at radius 2 is 1.14 bits per heavy atom. The Kier molecular flexibility index (Phi) is 18.3. The van der Waals surface area contributed by atoms with Crippen molar-refractivity contribution in [2.75, 3.05) is 21.3 Å². The summed E-state index contributed by atoms with van der Waals surface area (Å²) in [5.74, 6) is -0.833. The van der Waals surface area contributed by atoms with Gasteiger partial charge in [-0.1, -0.05) is 58.3 Å². The van der Waals surface area contributed by atoms with Crippen molar-refractivity contribution in [1.29, 1.82) is 0 Å². The standard InChI is InChI=1S/C14H32O3Si.C2H4O2/c1-5-6-7-8-9-10-11-12-13-14-18(15-2,16-3)17-4;1-2(3)4/h5-14H2,1-4H3;1H3,(H,3,4). The van der Waals surface area contributed by atoms with E-state index in [2.05, 4.69) is 6.92 Å². The van der Waals surface area contributed by atoms with Gasteiger partial charge in [-0.2, -0.15) is 0 Å². The summed E-state index contributed by atoms with van der Waals surface area (Å²) in [5.41, 5.74) is 0. The van der Waals surface area contributed by atoms with Crippen LogP contribution < -0.4 is 0 Å². The maximum Gasteiger partial charge on any atom is 0.500 e.